The van der Waals surface area contributed by atoms with Gasteiger partial charge in [0, 0.05) is 17.9 Å². The number of hydrogen-bond donors (Lipinski definition) is 1. The molecule has 2 aliphatic rings. The van der Waals surface area contributed by atoms with Crippen molar-refractivity contribution in [3.05, 3.63) is 0 Å². The lowest BCUT2D eigenvalue weighted by atomic mass is 10.4. The minimum atomic E-state index is 0.494. The van der Waals surface area contributed by atoms with Gasteiger partial charge < -0.3 is 10.5 Å². The van der Waals surface area contributed by atoms with E-state index in [0.29, 0.717) is 6.04 Å². The van der Waals surface area contributed by atoms with E-state index in [-0.39, 0.29) is 0 Å². The molecule has 0 unspecified atom stereocenters. The Morgan fingerprint density at radius 3 is 2.14 bits per heavy atom. The van der Waals surface area contributed by atoms with Crippen molar-refractivity contribution in [2.75, 3.05) is 13.2 Å². The molecule has 1 heterocycles. The van der Waals surface area contributed by atoms with E-state index in [2.05, 4.69) is 0 Å². The fraction of sp³-hybridized carbons (Fsp3) is 1.00. The van der Waals surface area contributed by atoms with Gasteiger partial charge >= 0.3 is 0 Å². The molecule has 40 valence electrons. The summed E-state index contributed by atoms with van der Waals surface area (Å²) >= 11 is 0. The molecule has 0 aromatic heterocycles. The predicted molar refractivity (Wildman–Crippen MR) is 25.8 cm³/mol. The number of ether oxygens (including phenoxy) is 1. The topological polar surface area (TPSA) is 35.2 Å². The van der Waals surface area contributed by atoms with Crippen LogP contribution >= 0.6 is 0 Å². The fourth-order valence-corrected chi connectivity index (χ4v) is 1.28. The summed E-state index contributed by atoms with van der Waals surface area (Å²) in [5.74, 6) is 1.47. The molecule has 2 heteroatoms. The molecule has 0 aromatic carbocycles. The first-order valence-corrected chi connectivity index (χ1v) is 2.73. The van der Waals surface area contributed by atoms with Crippen molar-refractivity contribution in [2.45, 2.75) is 6.04 Å². The molecule has 0 amide bonds. The Balaban J connectivity index is 2.06. The van der Waals surface area contributed by atoms with Gasteiger partial charge in [-0.25, -0.2) is 0 Å². The van der Waals surface area contributed by atoms with Gasteiger partial charge in [0.25, 0.3) is 0 Å². The first-order chi connectivity index (χ1) is 3.39. The van der Waals surface area contributed by atoms with E-state index >= 15 is 0 Å². The third kappa shape index (κ3) is 0.359. The largest absolute Gasteiger partial charge is 0.381 e. The summed E-state index contributed by atoms with van der Waals surface area (Å²) in [6, 6.07) is 0.494. The van der Waals surface area contributed by atoms with Gasteiger partial charge in [-0.3, -0.25) is 0 Å². The van der Waals surface area contributed by atoms with Gasteiger partial charge in [0.05, 0.1) is 13.2 Å². The van der Waals surface area contributed by atoms with Crippen molar-refractivity contribution in [3.63, 3.8) is 0 Å². The van der Waals surface area contributed by atoms with Gasteiger partial charge in [-0.2, -0.15) is 0 Å². The molecule has 2 fully saturated rings. The lowest BCUT2D eigenvalue weighted by Crippen LogP contribution is -2.11. The van der Waals surface area contributed by atoms with Crippen molar-refractivity contribution >= 4 is 0 Å². The van der Waals surface area contributed by atoms with Crippen molar-refractivity contribution in [3.8, 4) is 0 Å². The Kier molecular flexibility index (Phi) is 0.557. The molecule has 1 saturated heterocycles. The lowest BCUT2D eigenvalue weighted by molar-refractivity contribution is 0.160. The standard InChI is InChI=1S/C5H9NO/c6-5-3-1-7-2-4(3)5/h3-5H,1-2,6H2/t3-,4-/m0/s1. The second kappa shape index (κ2) is 1.01. The van der Waals surface area contributed by atoms with Crippen LogP contribution in [0.5, 0.6) is 0 Å². The van der Waals surface area contributed by atoms with E-state index in [1.165, 1.54) is 0 Å². The maximum absolute atomic E-state index is 5.59. The Morgan fingerprint density at radius 1 is 1.29 bits per heavy atom. The molecule has 2 N–H and O–H groups in total. The van der Waals surface area contributed by atoms with E-state index in [0.717, 1.165) is 25.0 Å². The van der Waals surface area contributed by atoms with Crippen LogP contribution in [0.25, 0.3) is 0 Å². The van der Waals surface area contributed by atoms with E-state index < -0.39 is 0 Å². The van der Waals surface area contributed by atoms with E-state index in [9.17, 15) is 0 Å². The highest BCUT2D eigenvalue weighted by atomic mass is 16.5. The van der Waals surface area contributed by atoms with Gasteiger partial charge in [0.2, 0.25) is 0 Å². The highest BCUT2D eigenvalue weighted by Gasteiger charge is 2.51. The zero-order valence-corrected chi connectivity index (χ0v) is 4.13. The first kappa shape index (κ1) is 3.87. The van der Waals surface area contributed by atoms with Crippen LogP contribution in [0.3, 0.4) is 0 Å². The Morgan fingerprint density at radius 2 is 1.86 bits per heavy atom. The van der Waals surface area contributed by atoms with Crippen LogP contribution in [0, 0.1) is 11.8 Å². The van der Waals surface area contributed by atoms with Gasteiger partial charge in [-0.05, 0) is 0 Å². The third-order valence-electron chi connectivity index (χ3n) is 2.02. The summed E-state index contributed by atoms with van der Waals surface area (Å²) in [6.07, 6.45) is 0. The highest BCUT2D eigenvalue weighted by Crippen LogP contribution is 2.41. The van der Waals surface area contributed by atoms with Crippen LogP contribution in [0.1, 0.15) is 0 Å². The second-order valence-electron chi connectivity index (χ2n) is 2.44. The quantitative estimate of drug-likeness (QED) is 0.448. The molecule has 1 aliphatic heterocycles. The van der Waals surface area contributed by atoms with Crippen LogP contribution < -0.4 is 5.73 Å². The second-order valence-corrected chi connectivity index (χ2v) is 2.44. The summed E-state index contributed by atoms with van der Waals surface area (Å²) in [6.45, 7) is 1.84. The molecule has 0 bridgehead atoms. The molecule has 0 radical (unpaired) electrons. The number of fused-ring (bicyclic) bond motifs is 1. The minimum Gasteiger partial charge on any atom is -0.381 e. The van der Waals surface area contributed by atoms with Crippen molar-refractivity contribution < 1.29 is 4.74 Å². The molecule has 2 nitrogen and oxygen atoms in total. The smallest absolute Gasteiger partial charge is 0.0513 e. The van der Waals surface area contributed by atoms with E-state index in [1.807, 2.05) is 0 Å². The molecule has 0 aromatic rings. The first-order valence-electron chi connectivity index (χ1n) is 2.73. The van der Waals surface area contributed by atoms with Gasteiger partial charge in [0.1, 0.15) is 0 Å². The zero-order chi connectivity index (χ0) is 4.85. The van der Waals surface area contributed by atoms with Crippen LogP contribution in [-0.2, 0) is 4.74 Å². The average Bonchev–Trinajstić information content (AvgIpc) is 2.26. The summed E-state index contributed by atoms with van der Waals surface area (Å²) in [4.78, 5) is 0. The highest BCUT2D eigenvalue weighted by molar-refractivity contribution is 5.03. The van der Waals surface area contributed by atoms with Gasteiger partial charge in [-0.1, -0.05) is 0 Å². The zero-order valence-electron chi connectivity index (χ0n) is 4.13. The maximum Gasteiger partial charge on any atom is 0.0513 e. The minimum absolute atomic E-state index is 0.494. The number of hydrogen-bond acceptors (Lipinski definition) is 2. The molecule has 7 heavy (non-hydrogen) atoms. The van der Waals surface area contributed by atoms with Crippen molar-refractivity contribution in [1.82, 2.24) is 0 Å². The number of rotatable bonds is 0. The predicted octanol–water partition coefficient (Wildman–Crippen LogP) is -0.410. The van der Waals surface area contributed by atoms with Crippen LogP contribution in [0.2, 0.25) is 0 Å². The number of nitrogens with two attached hydrogens (primary N) is 1. The van der Waals surface area contributed by atoms with Crippen molar-refractivity contribution in [1.29, 1.82) is 0 Å². The van der Waals surface area contributed by atoms with Gasteiger partial charge in [-0.15, -0.1) is 0 Å². The monoisotopic (exact) mass is 99.1 g/mol. The molecular weight excluding hydrogens is 90.1 g/mol. The lowest BCUT2D eigenvalue weighted by Gasteiger charge is -1.93. The summed E-state index contributed by atoms with van der Waals surface area (Å²) in [5, 5.41) is 0. The molecule has 2 rings (SSSR count). The van der Waals surface area contributed by atoms with Crippen LogP contribution in [0.4, 0.5) is 0 Å². The van der Waals surface area contributed by atoms with Crippen molar-refractivity contribution in [2.24, 2.45) is 17.6 Å². The van der Waals surface area contributed by atoms with Gasteiger partial charge in [0.15, 0.2) is 0 Å². The molecule has 0 spiro atoms. The molecule has 2 atom stereocenters. The molecule has 1 saturated carbocycles. The maximum atomic E-state index is 5.59. The summed E-state index contributed by atoms with van der Waals surface area (Å²) < 4.78 is 5.10. The Bertz CT molecular complexity index is 84.1. The van der Waals surface area contributed by atoms with E-state index in [4.69, 9.17) is 10.5 Å². The molecular formula is C5H9NO. The van der Waals surface area contributed by atoms with E-state index in [1.54, 1.807) is 0 Å². The Labute approximate surface area is 42.6 Å². The summed E-state index contributed by atoms with van der Waals surface area (Å²) in [7, 11) is 0. The normalized spacial score (nSPS) is 57.0. The average molecular weight is 99.1 g/mol. The van der Waals surface area contributed by atoms with Crippen LogP contribution in [-0.4, -0.2) is 19.3 Å². The summed E-state index contributed by atoms with van der Waals surface area (Å²) in [5.41, 5.74) is 5.59. The van der Waals surface area contributed by atoms with Crippen LogP contribution in [0.15, 0.2) is 0 Å². The third-order valence-corrected chi connectivity index (χ3v) is 2.02. The SMILES string of the molecule is NC1[C@H]2COC[C@H]12. The fourth-order valence-electron chi connectivity index (χ4n) is 1.28. The molecule has 1 aliphatic carbocycles. The Hall–Kier alpha value is -0.0800.